The van der Waals surface area contributed by atoms with Crippen LogP contribution in [0.1, 0.15) is 10.4 Å². The number of rotatable bonds is 5. The van der Waals surface area contributed by atoms with Gasteiger partial charge in [-0.3, -0.25) is 4.79 Å². The lowest BCUT2D eigenvalue weighted by molar-refractivity contribution is 0.112. The van der Waals surface area contributed by atoms with E-state index in [-0.39, 0.29) is 10.6 Å². The average molecular weight is 292 g/mol. The van der Waals surface area contributed by atoms with Gasteiger partial charge in [0.05, 0.1) is 7.11 Å². The Kier molecular flexibility index (Phi) is 4.05. The van der Waals surface area contributed by atoms with Crippen LogP contribution in [0.3, 0.4) is 0 Å². The Morgan fingerprint density at radius 3 is 2.30 bits per heavy atom. The molecule has 0 amide bonds. The van der Waals surface area contributed by atoms with Crippen LogP contribution < -0.4 is 8.92 Å². The van der Waals surface area contributed by atoms with Crippen LogP contribution in [0.2, 0.25) is 0 Å². The smallest absolute Gasteiger partial charge is 0.339 e. The van der Waals surface area contributed by atoms with Gasteiger partial charge >= 0.3 is 10.1 Å². The first kappa shape index (κ1) is 14.1. The molecule has 20 heavy (non-hydrogen) atoms. The van der Waals surface area contributed by atoms with Crippen molar-refractivity contribution in [2.45, 2.75) is 4.90 Å². The maximum atomic E-state index is 12.0. The second kappa shape index (κ2) is 5.75. The predicted molar refractivity (Wildman–Crippen MR) is 72.6 cm³/mol. The van der Waals surface area contributed by atoms with E-state index in [0.29, 0.717) is 17.6 Å². The molecule has 0 saturated heterocycles. The lowest BCUT2D eigenvalue weighted by atomic mass is 10.2. The molecule has 0 aromatic heterocycles. The second-order valence-corrected chi connectivity index (χ2v) is 5.45. The van der Waals surface area contributed by atoms with Gasteiger partial charge in [-0.15, -0.1) is 0 Å². The Morgan fingerprint density at radius 1 is 1.00 bits per heavy atom. The van der Waals surface area contributed by atoms with Gasteiger partial charge in [0.1, 0.15) is 22.7 Å². The van der Waals surface area contributed by atoms with Crippen LogP contribution in [-0.2, 0) is 10.1 Å². The average Bonchev–Trinajstić information content (AvgIpc) is 2.47. The molecule has 0 N–H and O–H groups in total. The zero-order valence-corrected chi connectivity index (χ0v) is 11.5. The predicted octanol–water partition coefficient (Wildman–Crippen LogP) is 2.28. The molecule has 0 fully saturated rings. The summed E-state index contributed by atoms with van der Waals surface area (Å²) >= 11 is 0. The topological polar surface area (TPSA) is 69.7 Å². The van der Waals surface area contributed by atoms with Crippen LogP contribution in [0.15, 0.2) is 53.4 Å². The quantitative estimate of drug-likeness (QED) is 0.624. The number of benzene rings is 2. The van der Waals surface area contributed by atoms with Gasteiger partial charge in [0.15, 0.2) is 0 Å². The fourth-order valence-electron chi connectivity index (χ4n) is 1.56. The molecular formula is C14H12O5S. The van der Waals surface area contributed by atoms with Gasteiger partial charge in [0.25, 0.3) is 0 Å². The SMILES string of the molecule is COc1ccc(S(=O)(=O)Oc2cccc(C=O)c2)cc1. The van der Waals surface area contributed by atoms with Gasteiger partial charge in [-0.25, -0.2) is 0 Å². The van der Waals surface area contributed by atoms with Crippen molar-refractivity contribution in [2.24, 2.45) is 0 Å². The van der Waals surface area contributed by atoms with E-state index in [0.717, 1.165) is 0 Å². The third kappa shape index (κ3) is 3.16. The Balaban J connectivity index is 2.27. The summed E-state index contributed by atoms with van der Waals surface area (Å²) in [7, 11) is -2.44. The van der Waals surface area contributed by atoms with Gasteiger partial charge in [-0.2, -0.15) is 8.42 Å². The standard InChI is InChI=1S/C14H12O5S/c1-18-12-5-7-14(8-6-12)20(16,17)19-13-4-2-3-11(9-13)10-15/h2-10H,1H3. The fraction of sp³-hybridized carbons (Fsp3) is 0.0714. The van der Waals surface area contributed by atoms with E-state index in [9.17, 15) is 13.2 Å². The highest BCUT2D eigenvalue weighted by Gasteiger charge is 2.16. The molecule has 0 atom stereocenters. The molecule has 0 bridgehead atoms. The molecular weight excluding hydrogens is 280 g/mol. The Morgan fingerprint density at radius 2 is 1.70 bits per heavy atom. The molecule has 2 aromatic carbocycles. The summed E-state index contributed by atoms with van der Waals surface area (Å²) in [5, 5.41) is 0. The highest BCUT2D eigenvalue weighted by molar-refractivity contribution is 7.87. The molecule has 104 valence electrons. The van der Waals surface area contributed by atoms with Gasteiger partial charge in [0, 0.05) is 5.56 Å². The number of ether oxygens (including phenoxy) is 1. The summed E-state index contributed by atoms with van der Waals surface area (Å²) in [4.78, 5) is 10.7. The van der Waals surface area contributed by atoms with E-state index >= 15 is 0 Å². The number of hydrogen-bond donors (Lipinski definition) is 0. The Bertz CT molecular complexity index is 705. The van der Waals surface area contributed by atoms with Gasteiger partial charge < -0.3 is 8.92 Å². The van der Waals surface area contributed by atoms with E-state index in [4.69, 9.17) is 8.92 Å². The van der Waals surface area contributed by atoms with Crippen molar-refractivity contribution in [3.8, 4) is 11.5 Å². The van der Waals surface area contributed by atoms with Crippen molar-refractivity contribution in [3.63, 3.8) is 0 Å². The molecule has 0 aliphatic heterocycles. The maximum Gasteiger partial charge on any atom is 0.339 e. The first-order chi connectivity index (χ1) is 9.55. The highest BCUT2D eigenvalue weighted by atomic mass is 32.2. The number of carbonyl (C=O) groups is 1. The number of aldehydes is 1. The number of carbonyl (C=O) groups excluding carboxylic acids is 1. The molecule has 0 radical (unpaired) electrons. The van der Waals surface area contributed by atoms with Crippen LogP contribution in [-0.4, -0.2) is 21.8 Å². The van der Waals surface area contributed by atoms with Gasteiger partial charge in [0.2, 0.25) is 0 Å². The zero-order chi connectivity index (χ0) is 14.6. The van der Waals surface area contributed by atoms with Crippen molar-refractivity contribution in [2.75, 3.05) is 7.11 Å². The van der Waals surface area contributed by atoms with Gasteiger partial charge in [-0.1, -0.05) is 12.1 Å². The lowest BCUT2D eigenvalue weighted by Gasteiger charge is -2.08. The molecule has 0 saturated carbocycles. The summed E-state index contributed by atoms with van der Waals surface area (Å²) in [6.07, 6.45) is 0.618. The number of methoxy groups -OCH3 is 1. The molecule has 6 heteroatoms. The minimum Gasteiger partial charge on any atom is -0.497 e. The van der Waals surface area contributed by atoms with E-state index in [2.05, 4.69) is 0 Å². The summed E-state index contributed by atoms with van der Waals surface area (Å²) in [6.45, 7) is 0. The minimum atomic E-state index is -3.93. The summed E-state index contributed by atoms with van der Waals surface area (Å²) in [5.74, 6) is 0.636. The molecule has 0 unspecified atom stereocenters. The largest absolute Gasteiger partial charge is 0.497 e. The molecule has 0 aliphatic rings. The first-order valence-corrected chi connectivity index (χ1v) is 7.10. The minimum absolute atomic E-state index is 0.00908. The zero-order valence-electron chi connectivity index (χ0n) is 10.6. The van der Waals surface area contributed by atoms with Crippen LogP contribution in [0.4, 0.5) is 0 Å². The summed E-state index contributed by atoms with van der Waals surface area (Å²) in [6, 6.07) is 11.7. The van der Waals surface area contributed by atoms with Crippen LogP contribution in [0, 0.1) is 0 Å². The van der Waals surface area contributed by atoms with E-state index in [1.165, 1.54) is 43.5 Å². The highest BCUT2D eigenvalue weighted by Crippen LogP contribution is 2.21. The van der Waals surface area contributed by atoms with Crippen LogP contribution in [0.25, 0.3) is 0 Å². The van der Waals surface area contributed by atoms with E-state index < -0.39 is 10.1 Å². The summed E-state index contributed by atoms with van der Waals surface area (Å²) in [5.41, 5.74) is 0.340. The van der Waals surface area contributed by atoms with Gasteiger partial charge in [-0.05, 0) is 36.4 Å². The molecule has 2 rings (SSSR count). The molecule has 2 aromatic rings. The van der Waals surface area contributed by atoms with Crippen molar-refractivity contribution >= 4 is 16.4 Å². The molecule has 0 spiro atoms. The first-order valence-electron chi connectivity index (χ1n) is 5.69. The van der Waals surface area contributed by atoms with Crippen molar-refractivity contribution in [3.05, 3.63) is 54.1 Å². The van der Waals surface area contributed by atoms with Crippen molar-refractivity contribution in [1.29, 1.82) is 0 Å². The van der Waals surface area contributed by atoms with Crippen LogP contribution in [0.5, 0.6) is 11.5 Å². The fourth-order valence-corrected chi connectivity index (χ4v) is 2.48. The lowest BCUT2D eigenvalue weighted by Crippen LogP contribution is -2.09. The maximum absolute atomic E-state index is 12.0. The Hall–Kier alpha value is -2.34. The second-order valence-electron chi connectivity index (χ2n) is 3.90. The molecule has 0 aliphatic carbocycles. The third-order valence-corrected chi connectivity index (χ3v) is 3.81. The molecule has 0 heterocycles. The van der Waals surface area contributed by atoms with Crippen molar-refractivity contribution < 1.29 is 22.1 Å². The van der Waals surface area contributed by atoms with Crippen LogP contribution >= 0.6 is 0 Å². The van der Waals surface area contributed by atoms with E-state index in [1.807, 2.05) is 0 Å². The number of hydrogen-bond acceptors (Lipinski definition) is 5. The summed E-state index contributed by atoms with van der Waals surface area (Å²) < 4.78 is 34.0. The molecule has 5 nitrogen and oxygen atoms in total. The monoisotopic (exact) mass is 292 g/mol. The normalized spacial score (nSPS) is 10.8. The van der Waals surface area contributed by atoms with Crippen molar-refractivity contribution in [1.82, 2.24) is 0 Å². The third-order valence-electron chi connectivity index (χ3n) is 2.55. The Labute approximate surface area is 116 Å². The van der Waals surface area contributed by atoms with E-state index in [1.54, 1.807) is 12.1 Å².